The summed E-state index contributed by atoms with van der Waals surface area (Å²) in [6.07, 6.45) is 0.975. The molecule has 0 saturated carbocycles. The largest absolute Gasteiger partial charge is 0.379 e. The Balaban J connectivity index is 2.55. The van der Waals surface area contributed by atoms with Gasteiger partial charge in [0.05, 0.1) is 34.9 Å². The third-order valence-electron chi connectivity index (χ3n) is 5.03. The van der Waals surface area contributed by atoms with Crippen LogP contribution in [0.2, 0.25) is 0 Å². The second-order valence-electron chi connectivity index (χ2n) is 9.39. The van der Waals surface area contributed by atoms with Gasteiger partial charge in [-0.15, -0.1) is 0 Å². The minimum Gasteiger partial charge on any atom is -0.379 e. The topological polar surface area (TPSA) is 102 Å². The van der Waals surface area contributed by atoms with Gasteiger partial charge in [-0.2, -0.15) is 4.31 Å². The molecule has 1 saturated heterocycles. The van der Waals surface area contributed by atoms with Crippen LogP contribution >= 0.6 is 0 Å². The maximum absolute atomic E-state index is 12.9. The van der Waals surface area contributed by atoms with E-state index >= 15 is 0 Å². The Morgan fingerprint density at radius 2 is 1.46 bits per heavy atom. The van der Waals surface area contributed by atoms with Crippen LogP contribution in [0.5, 0.6) is 0 Å². The molecule has 0 radical (unpaired) electrons. The van der Waals surface area contributed by atoms with E-state index in [1.807, 2.05) is 13.8 Å². The molecule has 0 aromatic rings. The Bertz CT molecular complexity index is 703. The summed E-state index contributed by atoms with van der Waals surface area (Å²) in [4.78, 5) is 0. The molecule has 28 heavy (non-hydrogen) atoms. The average molecular weight is 443 g/mol. The first kappa shape index (κ1) is 25.8. The van der Waals surface area contributed by atoms with Gasteiger partial charge >= 0.3 is 0 Å². The summed E-state index contributed by atoms with van der Waals surface area (Å²) in [6, 6.07) is 0. The van der Waals surface area contributed by atoms with Crippen molar-refractivity contribution in [3.63, 3.8) is 0 Å². The molecule has 0 aromatic carbocycles. The second kappa shape index (κ2) is 9.26. The van der Waals surface area contributed by atoms with E-state index in [2.05, 4.69) is 4.72 Å². The first-order valence-corrected chi connectivity index (χ1v) is 12.6. The molecule has 1 aliphatic rings. The average Bonchev–Trinajstić information content (AvgIpc) is 2.57. The normalized spacial score (nSPS) is 18.4. The second-order valence-corrected chi connectivity index (χ2v) is 14.5. The zero-order chi connectivity index (χ0) is 21.9. The fourth-order valence-electron chi connectivity index (χ4n) is 2.66. The first-order valence-electron chi connectivity index (χ1n) is 9.72. The number of nitrogens with one attached hydrogen (secondary N) is 1. The first-order chi connectivity index (χ1) is 12.5. The summed E-state index contributed by atoms with van der Waals surface area (Å²) in [5, 5.41) is 0. The summed E-state index contributed by atoms with van der Waals surface area (Å²) in [7, 11) is -6.85. The Morgan fingerprint density at radius 3 is 1.96 bits per heavy atom. The summed E-state index contributed by atoms with van der Waals surface area (Å²) in [5.74, 6) is 0. The number of ether oxygens (including phenoxy) is 2. The van der Waals surface area contributed by atoms with Crippen LogP contribution in [0.3, 0.4) is 0 Å². The van der Waals surface area contributed by atoms with E-state index in [-0.39, 0.29) is 13.2 Å². The van der Waals surface area contributed by atoms with Crippen LogP contribution in [0.15, 0.2) is 0 Å². The van der Waals surface area contributed by atoms with Gasteiger partial charge in [0.15, 0.2) is 0 Å². The van der Waals surface area contributed by atoms with Crippen LogP contribution in [0, 0.1) is 0 Å². The van der Waals surface area contributed by atoms with Gasteiger partial charge in [-0.25, -0.2) is 21.6 Å². The van der Waals surface area contributed by atoms with Crippen molar-refractivity contribution in [1.29, 1.82) is 0 Å². The number of hydrogen-bond donors (Lipinski definition) is 1. The molecule has 0 aliphatic carbocycles. The number of sulfonamides is 2. The highest BCUT2D eigenvalue weighted by atomic mass is 32.2. The molecule has 168 valence electrons. The van der Waals surface area contributed by atoms with E-state index in [4.69, 9.17) is 9.47 Å². The predicted molar refractivity (Wildman–Crippen MR) is 111 cm³/mol. The maximum Gasteiger partial charge on any atom is 0.219 e. The summed E-state index contributed by atoms with van der Waals surface area (Å²) in [5.41, 5.74) is -0.565. The van der Waals surface area contributed by atoms with Crippen molar-refractivity contribution in [2.45, 2.75) is 76.4 Å². The Labute approximate surface area is 171 Å². The van der Waals surface area contributed by atoms with Gasteiger partial charge < -0.3 is 9.47 Å². The van der Waals surface area contributed by atoms with Crippen molar-refractivity contribution in [2.75, 3.05) is 39.5 Å². The molecular weight excluding hydrogens is 404 g/mol. The number of hydrogen-bond acceptors (Lipinski definition) is 6. The van der Waals surface area contributed by atoms with Gasteiger partial charge in [-0.1, -0.05) is 0 Å². The molecule has 0 unspecified atom stereocenters. The number of morpholine rings is 1. The molecule has 1 rings (SSSR count). The lowest BCUT2D eigenvalue weighted by Gasteiger charge is -2.36. The van der Waals surface area contributed by atoms with Gasteiger partial charge in [0.1, 0.15) is 0 Å². The molecule has 8 nitrogen and oxygen atoms in total. The zero-order valence-electron chi connectivity index (χ0n) is 18.4. The van der Waals surface area contributed by atoms with Crippen LogP contribution in [0.4, 0.5) is 0 Å². The van der Waals surface area contributed by atoms with E-state index in [9.17, 15) is 16.8 Å². The standard InChI is InChI=1S/C18H38N2O6S2/c1-16(2,3)27(21,22)19-10-13-26-17(4,5)8-9-18(6,7)28(23,24)20-11-14-25-15-12-20/h19H,8-15H2,1-7H3. The van der Waals surface area contributed by atoms with E-state index in [0.29, 0.717) is 39.1 Å². The molecule has 1 heterocycles. The highest BCUT2D eigenvalue weighted by Crippen LogP contribution is 2.30. The third kappa shape index (κ3) is 6.91. The molecular formula is C18H38N2O6S2. The van der Waals surface area contributed by atoms with Crippen LogP contribution in [-0.4, -0.2) is 75.7 Å². The molecule has 1 N–H and O–H groups in total. The lowest BCUT2D eigenvalue weighted by molar-refractivity contribution is -0.0229. The van der Waals surface area contributed by atoms with Crippen LogP contribution < -0.4 is 4.72 Å². The Hall–Kier alpha value is -0.260. The van der Waals surface area contributed by atoms with Gasteiger partial charge in [0.25, 0.3) is 0 Å². The fraction of sp³-hybridized carbons (Fsp3) is 1.00. The molecule has 0 spiro atoms. The van der Waals surface area contributed by atoms with Gasteiger partial charge in [0, 0.05) is 19.6 Å². The van der Waals surface area contributed by atoms with Gasteiger partial charge in [0.2, 0.25) is 20.0 Å². The van der Waals surface area contributed by atoms with E-state index in [1.54, 1.807) is 34.6 Å². The van der Waals surface area contributed by atoms with Crippen LogP contribution in [0.25, 0.3) is 0 Å². The van der Waals surface area contributed by atoms with E-state index < -0.39 is 35.1 Å². The van der Waals surface area contributed by atoms with E-state index in [0.717, 1.165) is 0 Å². The zero-order valence-corrected chi connectivity index (χ0v) is 20.0. The van der Waals surface area contributed by atoms with Crippen molar-refractivity contribution < 1.29 is 26.3 Å². The van der Waals surface area contributed by atoms with Crippen molar-refractivity contribution in [3.05, 3.63) is 0 Å². The van der Waals surface area contributed by atoms with Crippen molar-refractivity contribution >= 4 is 20.0 Å². The van der Waals surface area contributed by atoms with Crippen LogP contribution in [-0.2, 0) is 29.5 Å². The molecule has 0 amide bonds. The van der Waals surface area contributed by atoms with E-state index in [1.165, 1.54) is 4.31 Å². The van der Waals surface area contributed by atoms with Crippen molar-refractivity contribution in [2.24, 2.45) is 0 Å². The number of nitrogens with zero attached hydrogens (tertiary/aromatic N) is 1. The smallest absolute Gasteiger partial charge is 0.219 e. The minimum absolute atomic E-state index is 0.179. The van der Waals surface area contributed by atoms with Gasteiger partial charge in [-0.3, -0.25) is 0 Å². The summed E-state index contributed by atoms with van der Waals surface area (Å²) >= 11 is 0. The number of rotatable bonds is 10. The SMILES string of the molecule is CC(C)(CCC(C)(C)S(=O)(=O)N1CCOCC1)OCCNS(=O)(=O)C(C)(C)C. The Morgan fingerprint density at radius 1 is 0.929 bits per heavy atom. The highest BCUT2D eigenvalue weighted by molar-refractivity contribution is 7.91. The van der Waals surface area contributed by atoms with Crippen molar-refractivity contribution in [3.8, 4) is 0 Å². The molecule has 0 bridgehead atoms. The molecule has 1 aliphatic heterocycles. The lowest BCUT2D eigenvalue weighted by Crippen LogP contribution is -2.49. The lowest BCUT2D eigenvalue weighted by atomic mass is 9.96. The fourth-order valence-corrected chi connectivity index (χ4v) is 5.13. The van der Waals surface area contributed by atoms with Gasteiger partial charge in [-0.05, 0) is 61.3 Å². The Kier molecular flexibility index (Phi) is 8.52. The van der Waals surface area contributed by atoms with Crippen LogP contribution in [0.1, 0.15) is 61.3 Å². The molecule has 1 fully saturated rings. The highest BCUT2D eigenvalue weighted by Gasteiger charge is 2.40. The molecule has 0 atom stereocenters. The summed E-state index contributed by atoms with van der Waals surface area (Å²) in [6.45, 7) is 14.2. The summed E-state index contributed by atoms with van der Waals surface area (Å²) < 4.78 is 63.3. The van der Waals surface area contributed by atoms with Crippen molar-refractivity contribution in [1.82, 2.24) is 9.03 Å². The maximum atomic E-state index is 12.9. The molecule has 0 aromatic heterocycles. The predicted octanol–water partition coefficient (Wildman–Crippen LogP) is 1.72. The monoisotopic (exact) mass is 442 g/mol. The third-order valence-corrected chi connectivity index (χ3v) is 9.87. The molecule has 10 heteroatoms. The minimum atomic E-state index is -3.44. The quantitative estimate of drug-likeness (QED) is 0.517.